The summed E-state index contributed by atoms with van der Waals surface area (Å²) in [7, 11) is 0. The second-order valence-corrected chi connectivity index (χ2v) is 11.9. The van der Waals surface area contributed by atoms with Gasteiger partial charge in [-0.1, -0.05) is 64.1 Å². The molecule has 1 rings (SSSR count). The summed E-state index contributed by atoms with van der Waals surface area (Å²) in [4.78, 5) is 0. The zero-order chi connectivity index (χ0) is 16.1. The van der Waals surface area contributed by atoms with Crippen molar-refractivity contribution >= 4 is 90.3 Å². The Morgan fingerprint density at radius 1 is 1.24 bits per heavy atom. The van der Waals surface area contributed by atoms with Crippen LogP contribution in [0.25, 0.3) is 0 Å². The molecule has 0 saturated heterocycles. The molecule has 2 nitrogen and oxygen atoms in total. The highest BCUT2D eigenvalue weighted by Gasteiger charge is 2.30. The highest BCUT2D eigenvalue weighted by molar-refractivity contribution is 9.11. The quantitative estimate of drug-likeness (QED) is 0.238. The van der Waals surface area contributed by atoms with Crippen LogP contribution in [0, 0.1) is 0 Å². The Kier molecular flexibility index (Phi) is 9.05. The molecule has 1 atom stereocenters. The van der Waals surface area contributed by atoms with Gasteiger partial charge in [0, 0.05) is 8.95 Å². The van der Waals surface area contributed by atoms with Gasteiger partial charge in [-0.25, -0.2) is 0 Å². The Balaban J connectivity index is 3.02. The molecular formula is C12H14Br2Cl3O2PS. The SMILES string of the molecule is CCCCOP(=S)(OCC(Cl)(Cl)Cl)c1ccc(Br)cc1Br. The largest absolute Gasteiger partial charge is 0.326 e. The molecule has 0 bridgehead atoms. The Labute approximate surface area is 162 Å². The van der Waals surface area contributed by atoms with Crippen LogP contribution in [0.15, 0.2) is 27.1 Å². The predicted octanol–water partition coefficient (Wildman–Crippen LogP) is 6.35. The van der Waals surface area contributed by atoms with Crippen LogP contribution in [-0.4, -0.2) is 17.0 Å². The number of rotatable bonds is 7. The Hall–Kier alpha value is 1.62. The van der Waals surface area contributed by atoms with Crippen molar-refractivity contribution in [2.75, 3.05) is 13.2 Å². The Bertz CT molecular complexity index is 526. The van der Waals surface area contributed by atoms with Gasteiger partial charge in [0.05, 0.1) is 11.9 Å². The summed E-state index contributed by atoms with van der Waals surface area (Å²) in [6, 6.07) is 5.63. The molecule has 0 aliphatic rings. The first-order chi connectivity index (χ1) is 9.68. The molecule has 0 spiro atoms. The minimum atomic E-state index is -2.74. The summed E-state index contributed by atoms with van der Waals surface area (Å²) in [5.41, 5.74) is 0. The molecule has 0 heterocycles. The van der Waals surface area contributed by atoms with Gasteiger partial charge >= 0.3 is 0 Å². The molecule has 1 unspecified atom stereocenters. The Morgan fingerprint density at radius 3 is 2.43 bits per heavy atom. The highest BCUT2D eigenvalue weighted by Crippen LogP contribution is 2.51. The monoisotopic (exact) mass is 516 g/mol. The lowest BCUT2D eigenvalue weighted by Crippen LogP contribution is -2.18. The molecule has 0 amide bonds. The number of hydrogen-bond acceptors (Lipinski definition) is 3. The van der Waals surface area contributed by atoms with Gasteiger partial charge in [0.2, 0.25) is 10.3 Å². The van der Waals surface area contributed by atoms with Crippen molar-refractivity contribution in [3.05, 3.63) is 27.1 Å². The van der Waals surface area contributed by atoms with Gasteiger partial charge in [-0.15, -0.1) is 0 Å². The number of halogens is 5. The van der Waals surface area contributed by atoms with E-state index in [-0.39, 0.29) is 6.61 Å². The minimum absolute atomic E-state index is 0.121. The molecule has 0 radical (unpaired) electrons. The van der Waals surface area contributed by atoms with E-state index in [1.165, 1.54) is 0 Å². The molecule has 0 saturated carbocycles. The molecule has 0 fully saturated rings. The number of unbranched alkanes of at least 4 members (excludes halogenated alkanes) is 1. The van der Waals surface area contributed by atoms with Gasteiger partial charge < -0.3 is 9.05 Å². The maximum Gasteiger partial charge on any atom is 0.220 e. The first kappa shape index (κ1) is 20.7. The molecule has 0 aliphatic carbocycles. The van der Waals surface area contributed by atoms with E-state index in [1.54, 1.807) is 0 Å². The topological polar surface area (TPSA) is 18.5 Å². The molecule has 1 aromatic carbocycles. The van der Waals surface area contributed by atoms with Crippen molar-refractivity contribution in [1.29, 1.82) is 0 Å². The zero-order valence-corrected chi connectivity index (χ0v) is 18.3. The average molecular weight is 519 g/mol. The third-order valence-electron chi connectivity index (χ3n) is 2.36. The van der Waals surface area contributed by atoms with Crippen LogP contribution >= 0.6 is 73.2 Å². The van der Waals surface area contributed by atoms with Crippen LogP contribution < -0.4 is 5.30 Å². The molecule has 0 N–H and O–H groups in total. The van der Waals surface area contributed by atoms with E-state index >= 15 is 0 Å². The first-order valence-electron chi connectivity index (χ1n) is 6.09. The van der Waals surface area contributed by atoms with E-state index in [2.05, 4.69) is 38.8 Å². The fraction of sp³-hybridized carbons (Fsp3) is 0.500. The van der Waals surface area contributed by atoms with E-state index in [1.807, 2.05) is 18.2 Å². The van der Waals surface area contributed by atoms with E-state index in [4.69, 9.17) is 55.7 Å². The summed E-state index contributed by atoms with van der Waals surface area (Å²) in [5.74, 6) is 0. The van der Waals surface area contributed by atoms with E-state index in [9.17, 15) is 0 Å². The van der Waals surface area contributed by atoms with E-state index in [0.717, 1.165) is 27.1 Å². The average Bonchev–Trinajstić information content (AvgIpc) is 2.36. The fourth-order valence-corrected chi connectivity index (χ4v) is 6.39. The Morgan fingerprint density at radius 2 is 1.90 bits per heavy atom. The van der Waals surface area contributed by atoms with Gasteiger partial charge in [-0.3, -0.25) is 0 Å². The lowest BCUT2D eigenvalue weighted by atomic mass is 10.4. The van der Waals surface area contributed by atoms with Crippen molar-refractivity contribution < 1.29 is 9.05 Å². The third-order valence-corrected chi connectivity index (χ3v) is 7.34. The summed E-state index contributed by atoms with van der Waals surface area (Å²) in [6.45, 7) is -0.280. The highest BCUT2D eigenvalue weighted by atomic mass is 79.9. The maximum atomic E-state index is 5.85. The van der Waals surface area contributed by atoms with Crippen LogP contribution in [0.4, 0.5) is 0 Å². The summed E-state index contributed by atoms with van der Waals surface area (Å²) in [6.07, 6.45) is 1.89. The van der Waals surface area contributed by atoms with Crippen LogP contribution in [0.5, 0.6) is 0 Å². The third kappa shape index (κ3) is 7.36. The smallest absolute Gasteiger partial charge is 0.220 e. The summed E-state index contributed by atoms with van der Waals surface area (Å²) >= 11 is 29.8. The first-order valence-corrected chi connectivity index (χ1v) is 11.5. The minimum Gasteiger partial charge on any atom is -0.326 e. The van der Waals surface area contributed by atoms with Gasteiger partial charge in [-0.2, -0.15) is 0 Å². The van der Waals surface area contributed by atoms with Crippen LogP contribution in [0.3, 0.4) is 0 Å². The van der Waals surface area contributed by atoms with Crippen LogP contribution in [0.2, 0.25) is 0 Å². The van der Waals surface area contributed by atoms with Crippen molar-refractivity contribution in [1.82, 2.24) is 0 Å². The second kappa shape index (κ2) is 9.19. The summed E-state index contributed by atoms with van der Waals surface area (Å²) < 4.78 is 11.8. The van der Waals surface area contributed by atoms with Crippen molar-refractivity contribution in [2.24, 2.45) is 0 Å². The molecular weight excluding hydrogens is 505 g/mol. The molecule has 0 aliphatic heterocycles. The number of benzene rings is 1. The molecule has 120 valence electrons. The van der Waals surface area contributed by atoms with Crippen molar-refractivity contribution in [2.45, 2.75) is 23.6 Å². The van der Waals surface area contributed by atoms with Gasteiger partial charge in [0.25, 0.3) is 0 Å². The standard InChI is InChI=1S/C12H14Br2Cl3O2PS/c1-2-3-6-18-20(21,19-8-12(15,16)17)11-5-4-9(13)7-10(11)14/h4-5,7H,2-3,6,8H2,1H3. The van der Waals surface area contributed by atoms with Gasteiger partial charge in [-0.05, 0) is 52.4 Å². The predicted molar refractivity (Wildman–Crippen MR) is 103 cm³/mol. The van der Waals surface area contributed by atoms with Crippen LogP contribution in [-0.2, 0) is 20.9 Å². The van der Waals surface area contributed by atoms with Crippen molar-refractivity contribution in [3.8, 4) is 0 Å². The molecule has 0 aromatic heterocycles. The summed E-state index contributed by atoms with van der Waals surface area (Å²) in [5, 5.41) is 0.769. The zero-order valence-electron chi connectivity index (χ0n) is 11.1. The van der Waals surface area contributed by atoms with E-state index < -0.39 is 10.3 Å². The molecule has 21 heavy (non-hydrogen) atoms. The number of alkyl halides is 3. The lowest BCUT2D eigenvalue weighted by Gasteiger charge is -2.25. The fourth-order valence-electron chi connectivity index (χ4n) is 1.37. The maximum absolute atomic E-state index is 5.85. The van der Waals surface area contributed by atoms with Gasteiger partial charge in [0.1, 0.15) is 6.61 Å². The molecule has 9 heteroatoms. The number of hydrogen-bond donors (Lipinski definition) is 0. The van der Waals surface area contributed by atoms with Crippen LogP contribution in [0.1, 0.15) is 19.8 Å². The lowest BCUT2D eigenvalue weighted by molar-refractivity contribution is 0.254. The second-order valence-electron chi connectivity index (χ2n) is 4.17. The normalized spacial score (nSPS) is 15.0. The molecule has 1 aromatic rings. The van der Waals surface area contributed by atoms with Crippen molar-refractivity contribution in [3.63, 3.8) is 0 Å². The van der Waals surface area contributed by atoms with E-state index in [0.29, 0.717) is 6.61 Å². The van der Waals surface area contributed by atoms with Gasteiger partial charge in [0.15, 0.2) is 0 Å².